The number of β-lactam (4-membered cyclic amide) rings is 1. The van der Waals surface area contributed by atoms with Crippen LogP contribution in [0, 0.1) is 5.41 Å². The van der Waals surface area contributed by atoms with Gasteiger partial charge in [0.25, 0.3) is 0 Å². The highest BCUT2D eigenvalue weighted by atomic mass is 32.2. The van der Waals surface area contributed by atoms with E-state index >= 15 is 0 Å². The van der Waals surface area contributed by atoms with Crippen molar-refractivity contribution in [2.75, 3.05) is 29.5 Å². The van der Waals surface area contributed by atoms with E-state index in [2.05, 4.69) is 20.8 Å². The van der Waals surface area contributed by atoms with Crippen molar-refractivity contribution in [2.24, 2.45) is 11.1 Å². The van der Waals surface area contributed by atoms with Gasteiger partial charge in [-0.3, -0.25) is 24.1 Å². The number of thiophene rings is 1. The highest BCUT2D eigenvalue weighted by molar-refractivity contribution is 8.00. The molecule has 0 aliphatic carbocycles. The van der Waals surface area contributed by atoms with Crippen molar-refractivity contribution in [1.29, 1.82) is 0 Å². The lowest BCUT2D eigenvalue weighted by molar-refractivity contribution is -0.156. The Kier molecular flexibility index (Phi) is 7.88. The summed E-state index contributed by atoms with van der Waals surface area (Å²) < 4.78 is 1.41. The molecule has 4 amide bonds. The first kappa shape index (κ1) is 26.7. The number of thioether (sulfide) groups is 2. The number of carboxylic acid groups (broad SMARTS) is 2. The maximum Gasteiger partial charge on any atom is 0.313 e. The number of tetrazole rings is 1. The molecule has 0 radical (unpaired) electrons. The number of carboxylic acids is 2. The van der Waals surface area contributed by atoms with Crippen LogP contribution < -0.4 is 16.0 Å². The van der Waals surface area contributed by atoms with E-state index in [1.165, 1.54) is 37.6 Å². The molecule has 0 bridgehead atoms. The summed E-state index contributed by atoms with van der Waals surface area (Å²) in [7, 11) is 0. The second-order valence-electron chi connectivity index (χ2n) is 8.25. The van der Waals surface area contributed by atoms with E-state index in [1.807, 2.05) is 0 Å². The largest absolute Gasteiger partial charge is 0.481 e. The number of nitrogens with zero attached hydrogens (tertiary/aromatic N) is 6. The molecule has 2 fully saturated rings. The zero-order chi connectivity index (χ0) is 26.7. The normalized spacial score (nSPS) is 22.6. The van der Waals surface area contributed by atoms with Crippen LogP contribution in [-0.4, -0.2) is 101 Å². The fourth-order valence-electron chi connectivity index (χ4n) is 3.95. The molecule has 37 heavy (non-hydrogen) atoms. The average molecular weight is 571 g/mol. The number of nitrogens with one attached hydrogen (secondary N) is 1. The summed E-state index contributed by atoms with van der Waals surface area (Å²) in [6.07, 6.45) is -0.765. The van der Waals surface area contributed by atoms with Gasteiger partial charge in [-0.05, 0) is 27.9 Å². The summed E-state index contributed by atoms with van der Waals surface area (Å²) >= 11 is 3.56. The summed E-state index contributed by atoms with van der Waals surface area (Å²) in [6, 6.07) is 1.72. The molecule has 0 saturated carbocycles. The van der Waals surface area contributed by atoms with Crippen LogP contribution in [-0.2, 0) is 25.7 Å². The van der Waals surface area contributed by atoms with Crippen LogP contribution in [0.2, 0.25) is 0 Å². The molecule has 0 spiro atoms. The number of aromatic nitrogens is 4. The van der Waals surface area contributed by atoms with Crippen LogP contribution in [0.5, 0.6) is 0 Å². The molecule has 2 aliphatic rings. The first-order chi connectivity index (χ1) is 17.6. The minimum Gasteiger partial charge on any atom is -0.481 e. The van der Waals surface area contributed by atoms with Crippen LogP contribution in [0.15, 0.2) is 22.7 Å². The molecule has 5 N–H and O–H groups in total. The van der Waals surface area contributed by atoms with Gasteiger partial charge in [-0.25, -0.2) is 9.48 Å². The first-order valence-electron chi connectivity index (χ1n) is 10.8. The van der Waals surface area contributed by atoms with Crippen LogP contribution >= 0.6 is 34.9 Å². The summed E-state index contributed by atoms with van der Waals surface area (Å²) in [5.74, 6) is -3.34. The lowest BCUT2D eigenvalue weighted by Gasteiger charge is -2.56. The molecule has 4 heterocycles. The van der Waals surface area contributed by atoms with E-state index in [1.54, 1.807) is 17.5 Å². The van der Waals surface area contributed by atoms with Gasteiger partial charge < -0.3 is 26.2 Å². The number of fused-ring (bicyclic) bond motifs is 1. The molecule has 2 unspecified atom stereocenters. The van der Waals surface area contributed by atoms with Crippen molar-refractivity contribution < 1.29 is 34.2 Å². The Hall–Kier alpha value is -3.38. The van der Waals surface area contributed by atoms with Crippen molar-refractivity contribution in [1.82, 2.24) is 30.4 Å². The predicted octanol–water partition coefficient (Wildman–Crippen LogP) is -0.642. The van der Waals surface area contributed by atoms with Gasteiger partial charge in [0.15, 0.2) is 0 Å². The Morgan fingerprint density at radius 2 is 2.11 bits per heavy atom. The van der Waals surface area contributed by atoms with Crippen LogP contribution in [0.1, 0.15) is 6.42 Å². The lowest BCUT2D eigenvalue weighted by atomic mass is 9.89. The van der Waals surface area contributed by atoms with E-state index in [9.17, 15) is 29.1 Å². The number of nitrogens with two attached hydrogens (primary N) is 1. The molecule has 2 aromatic heterocycles. The molecule has 2 aromatic rings. The van der Waals surface area contributed by atoms with Gasteiger partial charge in [0, 0.05) is 24.6 Å². The SMILES string of the molecule is NC(=O)NCCn1nnnc1SCC1(C(=O)O)CS[C@@H]2C(N(C(=O)CC(=O)O)c3cccs3)C(=O)N2C1. The first-order valence-corrected chi connectivity index (χ1v) is 13.7. The zero-order valence-electron chi connectivity index (χ0n) is 19.1. The lowest BCUT2D eigenvalue weighted by Crippen LogP contribution is -2.74. The van der Waals surface area contributed by atoms with Crippen molar-refractivity contribution in [2.45, 2.75) is 29.5 Å². The number of hydrogen-bond donors (Lipinski definition) is 4. The summed E-state index contributed by atoms with van der Waals surface area (Å²) in [6.45, 7) is 0.323. The molecule has 2 aliphatic heterocycles. The Labute approximate surface area is 221 Å². The predicted molar refractivity (Wildman–Crippen MR) is 132 cm³/mol. The average Bonchev–Trinajstić information content (AvgIpc) is 3.52. The number of urea groups is 1. The Morgan fingerprint density at radius 3 is 2.76 bits per heavy atom. The number of aliphatic carboxylic acids is 2. The molecular formula is C19H22N8O7S3. The van der Waals surface area contributed by atoms with Gasteiger partial charge >= 0.3 is 18.0 Å². The monoisotopic (exact) mass is 570 g/mol. The van der Waals surface area contributed by atoms with Crippen molar-refractivity contribution in [3.63, 3.8) is 0 Å². The minimum atomic E-state index is -1.31. The maximum absolute atomic E-state index is 13.2. The van der Waals surface area contributed by atoms with Gasteiger partial charge in [-0.1, -0.05) is 11.8 Å². The number of carbonyl (C=O) groups is 5. The minimum absolute atomic E-state index is 0.0622. The van der Waals surface area contributed by atoms with Gasteiger partial charge in [0.2, 0.25) is 17.0 Å². The van der Waals surface area contributed by atoms with E-state index in [4.69, 9.17) is 10.8 Å². The molecule has 3 atom stereocenters. The van der Waals surface area contributed by atoms with Crippen LogP contribution in [0.4, 0.5) is 9.80 Å². The molecule has 0 aromatic carbocycles. The second kappa shape index (κ2) is 10.9. The van der Waals surface area contributed by atoms with Gasteiger partial charge in [0.1, 0.15) is 23.3 Å². The molecular weight excluding hydrogens is 548 g/mol. The molecule has 15 nitrogen and oxygen atoms in total. The van der Waals surface area contributed by atoms with E-state index in [0.717, 1.165) is 11.8 Å². The quantitative estimate of drug-likeness (QED) is 0.151. The van der Waals surface area contributed by atoms with Crippen molar-refractivity contribution in [3.05, 3.63) is 17.5 Å². The number of amides is 4. The Balaban J connectivity index is 1.46. The van der Waals surface area contributed by atoms with Gasteiger partial charge in [-0.2, -0.15) is 0 Å². The maximum atomic E-state index is 13.2. The highest BCUT2D eigenvalue weighted by Gasteiger charge is 2.60. The third kappa shape index (κ3) is 5.49. The standard InChI is InChI=1S/C19H22N8O7S3/c20-17(34)21-3-4-26-18(22-23-24-26)37-9-19(16(32)33)7-25-14(31)13(15(25)36-8-19)27(10(28)6-12(29)30)11-2-1-5-35-11/h1-2,5,13,15H,3-4,6-9H2,(H,29,30)(H,32,33)(H3,20,21,34)/t13?,15-,19?/m1/s1. The number of primary amides is 1. The highest BCUT2D eigenvalue weighted by Crippen LogP contribution is 2.47. The molecule has 4 rings (SSSR count). The smallest absolute Gasteiger partial charge is 0.313 e. The number of anilines is 1. The third-order valence-corrected chi connectivity index (χ3v) is 9.45. The topological polar surface area (TPSA) is 214 Å². The molecule has 2 saturated heterocycles. The Bertz CT molecular complexity index is 1210. The van der Waals surface area contributed by atoms with Gasteiger partial charge in [0.05, 0.1) is 11.5 Å². The second-order valence-corrected chi connectivity index (χ2v) is 11.2. The van der Waals surface area contributed by atoms with E-state index in [0.29, 0.717) is 10.2 Å². The summed E-state index contributed by atoms with van der Waals surface area (Å²) in [5.41, 5.74) is 3.74. The van der Waals surface area contributed by atoms with Crippen LogP contribution in [0.3, 0.4) is 0 Å². The molecule has 18 heteroatoms. The Morgan fingerprint density at radius 1 is 1.32 bits per heavy atom. The fraction of sp³-hybridized carbons (Fsp3) is 0.474. The van der Waals surface area contributed by atoms with Gasteiger partial charge in [-0.15, -0.1) is 28.2 Å². The van der Waals surface area contributed by atoms with Crippen LogP contribution in [0.25, 0.3) is 0 Å². The van der Waals surface area contributed by atoms with E-state index < -0.39 is 53.0 Å². The zero-order valence-corrected chi connectivity index (χ0v) is 21.5. The molecule has 198 valence electrons. The fourth-order valence-corrected chi connectivity index (χ4v) is 7.54. The summed E-state index contributed by atoms with van der Waals surface area (Å²) in [4.78, 5) is 63.0. The summed E-state index contributed by atoms with van der Waals surface area (Å²) in [5, 5.41) is 35.0. The number of carbonyl (C=O) groups excluding carboxylic acids is 3. The van der Waals surface area contributed by atoms with Crippen molar-refractivity contribution in [3.8, 4) is 0 Å². The van der Waals surface area contributed by atoms with E-state index in [-0.39, 0.29) is 31.1 Å². The van der Waals surface area contributed by atoms with Crippen molar-refractivity contribution >= 4 is 69.6 Å². The number of hydrogen-bond acceptors (Lipinski definition) is 11. The number of rotatable bonds is 11. The third-order valence-electron chi connectivity index (χ3n) is 5.76.